The number of hydrogen-bond acceptors (Lipinski definition) is 6. The van der Waals surface area contributed by atoms with Crippen LogP contribution in [0, 0.1) is 5.92 Å². The quantitative estimate of drug-likeness (QED) is 0.525. The van der Waals surface area contributed by atoms with Crippen LogP contribution in [0.5, 0.6) is 0 Å². The van der Waals surface area contributed by atoms with Gasteiger partial charge in [-0.1, -0.05) is 12.6 Å². The highest BCUT2D eigenvalue weighted by atomic mass is 32.2. The molecule has 10 nitrogen and oxygen atoms in total. The Labute approximate surface area is 199 Å². The lowest BCUT2D eigenvalue weighted by atomic mass is 9.97. The fourth-order valence-corrected chi connectivity index (χ4v) is 5.06. The summed E-state index contributed by atoms with van der Waals surface area (Å²) < 4.78 is 27.4. The third kappa shape index (κ3) is 6.40. The number of benzene rings is 1. The van der Waals surface area contributed by atoms with Crippen molar-refractivity contribution in [2.24, 2.45) is 5.92 Å². The number of carbonyl (C=O) groups excluding carboxylic acids is 2. The Hall–Kier alpha value is -3.28. The molecule has 0 bridgehead atoms. The SMILES string of the molecule is C=CN(OCC)C(=O)C1CCN(S(=O)(=O)c2ccc(NC(=O)NCc3cccnc3)cc2)CC1. The van der Waals surface area contributed by atoms with Gasteiger partial charge in [-0.3, -0.25) is 14.6 Å². The summed E-state index contributed by atoms with van der Waals surface area (Å²) in [5, 5.41) is 6.51. The summed E-state index contributed by atoms with van der Waals surface area (Å²) in [6, 6.07) is 9.21. The van der Waals surface area contributed by atoms with Gasteiger partial charge in [-0.05, 0) is 55.7 Å². The predicted molar refractivity (Wildman–Crippen MR) is 127 cm³/mol. The first-order valence-electron chi connectivity index (χ1n) is 11.0. The number of carbonyl (C=O) groups is 2. The number of amides is 3. The van der Waals surface area contributed by atoms with E-state index in [9.17, 15) is 18.0 Å². The molecule has 1 fully saturated rings. The zero-order valence-electron chi connectivity index (χ0n) is 19.0. The van der Waals surface area contributed by atoms with Gasteiger partial charge >= 0.3 is 6.03 Å². The number of rotatable bonds is 9. The van der Waals surface area contributed by atoms with Gasteiger partial charge in [0, 0.05) is 49.8 Å². The summed E-state index contributed by atoms with van der Waals surface area (Å²) in [6.45, 7) is 6.46. The van der Waals surface area contributed by atoms with E-state index in [-0.39, 0.29) is 29.8 Å². The van der Waals surface area contributed by atoms with Gasteiger partial charge in [0.05, 0.1) is 11.5 Å². The Morgan fingerprint density at radius 3 is 2.53 bits per heavy atom. The van der Waals surface area contributed by atoms with E-state index in [0.717, 1.165) is 10.6 Å². The summed E-state index contributed by atoms with van der Waals surface area (Å²) in [7, 11) is -3.72. The number of anilines is 1. The van der Waals surface area contributed by atoms with Crippen LogP contribution in [0.3, 0.4) is 0 Å². The van der Waals surface area contributed by atoms with Gasteiger partial charge in [0.25, 0.3) is 5.91 Å². The summed E-state index contributed by atoms with van der Waals surface area (Å²) in [6.07, 6.45) is 5.43. The minimum absolute atomic E-state index is 0.126. The molecule has 1 saturated heterocycles. The topological polar surface area (TPSA) is 121 Å². The van der Waals surface area contributed by atoms with E-state index in [1.807, 2.05) is 6.07 Å². The highest BCUT2D eigenvalue weighted by Gasteiger charge is 2.33. The van der Waals surface area contributed by atoms with E-state index in [1.165, 1.54) is 34.8 Å². The summed E-state index contributed by atoms with van der Waals surface area (Å²) >= 11 is 0. The van der Waals surface area contributed by atoms with Crippen molar-refractivity contribution in [2.75, 3.05) is 25.0 Å². The molecule has 1 aromatic carbocycles. The maximum atomic E-state index is 13.0. The Morgan fingerprint density at radius 2 is 1.94 bits per heavy atom. The minimum atomic E-state index is -3.72. The first-order chi connectivity index (χ1) is 16.3. The lowest BCUT2D eigenvalue weighted by molar-refractivity contribution is -0.174. The fraction of sp³-hybridized carbons (Fsp3) is 0.348. The standard InChI is InChI=1S/C23H29N5O5S/c1-3-28(33-4-2)22(29)19-11-14-27(15-12-19)34(31,32)21-9-7-20(8-10-21)26-23(30)25-17-18-6-5-13-24-16-18/h3,5-10,13,16,19H,1,4,11-12,14-15,17H2,2H3,(H2,25,26,30). The molecule has 11 heteroatoms. The Bertz CT molecular complexity index is 1080. The zero-order valence-corrected chi connectivity index (χ0v) is 19.8. The van der Waals surface area contributed by atoms with Crippen LogP contribution in [0.25, 0.3) is 0 Å². The Balaban J connectivity index is 1.54. The summed E-state index contributed by atoms with van der Waals surface area (Å²) in [5.74, 6) is -0.543. The molecule has 2 aromatic rings. The van der Waals surface area contributed by atoms with Gasteiger partial charge in [-0.25, -0.2) is 13.2 Å². The molecule has 34 heavy (non-hydrogen) atoms. The van der Waals surface area contributed by atoms with Crippen molar-refractivity contribution in [2.45, 2.75) is 31.2 Å². The van der Waals surface area contributed by atoms with Gasteiger partial charge in [0.2, 0.25) is 10.0 Å². The molecule has 0 spiro atoms. The van der Waals surface area contributed by atoms with Crippen molar-refractivity contribution < 1.29 is 22.8 Å². The number of hydroxylamine groups is 2. The molecule has 2 N–H and O–H groups in total. The normalized spacial score (nSPS) is 14.9. The van der Waals surface area contributed by atoms with Crippen LogP contribution in [0.4, 0.5) is 10.5 Å². The Kier molecular flexibility index (Phi) is 8.74. The largest absolute Gasteiger partial charge is 0.334 e. The molecular weight excluding hydrogens is 458 g/mol. The first-order valence-corrected chi connectivity index (χ1v) is 12.4. The Morgan fingerprint density at radius 1 is 1.24 bits per heavy atom. The van der Waals surface area contributed by atoms with Crippen molar-refractivity contribution in [3.05, 3.63) is 67.1 Å². The molecule has 3 amide bonds. The third-order valence-corrected chi connectivity index (χ3v) is 7.29. The molecule has 0 atom stereocenters. The highest BCUT2D eigenvalue weighted by Crippen LogP contribution is 2.26. The van der Waals surface area contributed by atoms with E-state index in [0.29, 0.717) is 31.7 Å². The van der Waals surface area contributed by atoms with Crippen molar-refractivity contribution in [3.63, 3.8) is 0 Å². The van der Waals surface area contributed by atoms with E-state index in [4.69, 9.17) is 4.84 Å². The van der Waals surface area contributed by atoms with Crippen molar-refractivity contribution in [1.82, 2.24) is 19.7 Å². The number of pyridine rings is 1. The van der Waals surface area contributed by atoms with Crippen LogP contribution in [0.2, 0.25) is 0 Å². The zero-order chi connectivity index (χ0) is 24.6. The van der Waals surface area contributed by atoms with Crippen LogP contribution in [0.1, 0.15) is 25.3 Å². The molecule has 0 saturated carbocycles. The molecule has 2 heterocycles. The van der Waals surface area contributed by atoms with Crippen molar-refractivity contribution >= 4 is 27.6 Å². The molecule has 182 valence electrons. The fourth-order valence-electron chi connectivity index (χ4n) is 3.59. The second-order valence-electron chi connectivity index (χ2n) is 7.64. The van der Waals surface area contributed by atoms with E-state index in [1.54, 1.807) is 25.4 Å². The van der Waals surface area contributed by atoms with E-state index >= 15 is 0 Å². The van der Waals surface area contributed by atoms with Crippen LogP contribution in [-0.2, 0) is 26.2 Å². The van der Waals surface area contributed by atoms with Crippen LogP contribution >= 0.6 is 0 Å². The number of nitrogens with one attached hydrogen (secondary N) is 2. The smallest absolute Gasteiger partial charge is 0.319 e. The van der Waals surface area contributed by atoms with Crippen molar-refractivity contribution in [1.29, 1.82) is 0 Å². The lowest BCUT2D eigenvalue weighted by Gasteiger charge is -2.32. The van der Waals surface area contributed by atoms with Gasteiger partial charge in [0.15, 0.2) is 0 Å². The number of aromatic nitrogens is 1. The molecule has 0 radical (unpaired) electrons. The second-order valence-corrected chi connectivity index (χ2v) is 9.57. The minimum Gasteiger partial charge on any atom is -0.334 e. The molecule has 0 unspecified atom stereocenters. The molecule has 1 aromatic heterocycles. The van der Waals surface area contributed by atoms with Crippen LogP contribution in [0.15, 0.2) is 66.5 Å². The number of piperidine rings is 1. The van der Waals surface area contributed by atoms with Gasteiger partial charge in [-0.15, -0.1) is 0 Å². The monoisotopic (exact) mass is 487 g/mol. The summed E-state index contributed by atoms with van der Waals surface area (Å²) in [5.41, 5.74) is 1.33. The maximum absolute atomic E-state index is 13.0. The van der Waals surface area contributed by atoms with Gasteiger partial charge in [0.1, 0.15) is 0 Å². The van der Waals surface area contributed by atoms with Crippen LogP contribution in [-0.4, -0.2) is 54.4 Å². The van der Waals surface area contributed by atoms with Crippen LogP contribution < -0.4 is 10.6 Å². The predicted octanol–water partition coefficient (Wildman–Crippen LogP) is 2.73. The number of nitrogens with zero attached hydrogens (tertiary/aromatic N) is 3. The van der Waals surface area contributed by atoms with E-state index in [2.05, 4.69) is 22.2 Å². The average molecular weight is 488 g/mol. The third-order valence-electron chi connectivity index (χ3n) is 5.38. The molecule has 1 aliphatic heterocycles. The molecule has 3 rings (SSSR count). The molecular formula is C23H29N5O5S. The van der Waals surface area contributed by atoms with Crippen molar-refractivity contribution in [3.8, 4) is 0 Å². The molecule has 0 aliphatic carbocycles. The average Bonchev–Trinajstić information content (AvgIpc) is 2.86. The number of sulfonamides is 1. The summed E-state index contributed by atoms with van der Waals surface area (Å²) in [4.78, 5) is 34.0. The highest BCUT2D eigenvalue weighted by molar-refractivity contribution is 7.89. The van der Waals surface area contributed by atoms with Gasteiger partial charge in [-0.2, -0.15) is 9.37 Å². The first kappa shape index (κ1) is 25.3. The number of urea groups is 1. The lowest BCUT2D eigenvalue weighted by Crippen LogP contribution is -2.43. The van der Waals surface area contributed by atoms with Gasteiger partial charge < -0.3 is 10.6 Å². The molecule has 1 aliphatic rings. The van der Waals surface area contributed by atoms with E-state index < -0.39 is 16.1 Å². The maximum Gasteiger partial charge on any atom is 0.319 e. The number of hydrogen-bond donors (Lipinski definition) is 2. The second kappa shape index (κ2) is 11.7.